The molecule has 0 saturated heterocycles. The van der Waals surface area contributed by atoms with Gasteiger partial charge in [0.25, 0.3) is 0 Å². The minimum absolute atomic E-state index is 0.0278. The number of hydrogen-bond donors (Lipinski definition) is 8. The van der Waals surface area contributed by atoms with E-state index in [0.717, 1.165) is 89.9 Å². The van der Waals surface area contributed by atoms with Crippen LogP contribution in [0.1, 0.15) is 122 Å². The fourth-order valence-electron chi connectivity index (χ4n) is 14.0. The highest BCUT2D eigenvalue weighted by Gasteiger charge is 2.30. The molecule has 17 rings (SSSR count). The summed E-state index contributed by atoms with van der Waals surface area (Å²) in [5, 5.41) is 46.0. The first-order valence-corrected chi connectivity index (χ1v) is 41.5. The highest BCUT2D eigenvalue weighted by Crippen LogP contribution is 2.41. The Balaban J connectivity index is 0.000000150. The van der Waals surface area contributed by atoms with Gasteiger partial charge in [-0.3, -0.25) is 4.79 Å². The number of oxime groups is 1. The Labute approximate surface area is 768 Å². The van der Waals surface area contributed by atoms with Crippen LogP contribution < -0.4 is 39.7 Å². The summed E-state index contributed by atoms with van der Waals surface area (Å²) in [6, 6.07) is 49.4. The van der Waals surface area contributed by atoms with E-state index in [9.17, 15) is 37.2 Å². The fourth-order valence-corrected chi connectivity index (χ4v) is 14.4. The molecular formula is C97H89BrF5N27O3. The molecular weight excluding hydrogens is 1770 g/mol. The monoisotopic (exact) mass is 1850 g/mol. The zero-order chi connectivity index (χ0) is 96.3. The van der Waals surface area contributed by atoms with E-state index in [4.69, 9.17) is 64.4 Å². The van der Waals surface area contributed by atoms with Crippen molar-refractivity contribution >= 4 is 96.3 Å². The summed E-state index contributed by atoms with van der Waals surface area (Å²) < 4.78 is 79.2. The normalized spacial score (nSPS) is 11.4. The molecule has 0 fully saturated rings. The van der Waals surface area contributed by atoms with Gasteiger partial charge in [-0.05, 0) is 261 Å². The van der Waals surface area contributed by atoms with E-state index in [1.165, 1.54) is 72.8 Å². The highest BCUT2D eigenvalue weighted by molar-refractivity contribution is 9.10. The van der Waals surface area contributed by atoms with E-state index in [1.54, 1.807) is 68.6 Å². The van der Waals surface area contributed by atoms with Gasteiger partial charge >= 0.3 is 0 Å². The number of nitrogens with zero attached hydrogens (tertiary/aromatic N) is 20. The summed E-state index contributed by atoms with van der Waals surface area (Å²) >= 11 is 3.04. The number of carbonyl (C=O) groups excluding carboxylic acids is 1. The van der Waals surface area contributed by atoms with Crippen LogP contribution in [0.4, 0.5) is 57.1 Å². The van der Waals surface area contributed by atoms with Crippen molar-refractivity contribution in [2.75, 3.05) is 34.0 Å². The van der Waals surface area contributed by atoms with E-state index < -0.39 is 17.5 Å². The number of carbonyl (C=O) groups is 1. The van der Waals surface area contributed by atoms with Crippen LogP contribution in [-0.2, 0) is 16.6 Å². The first-order valence-electron chi connectivity index (χ1n) is 40.7. The topological polar surface area (TPSA) is 485 Å². The summed E-state index contributed by atoms with van der Waals surface area (Å²) in [5.74, 6) is 1.18. The quantitative estimate of drug-likeness (QED) is 0.0113. The van der Waals surface area contributed by atoms with E-state index in [2.05, 4.69) is 129 Å². The fraction of sp³-hybridized carbons (Fsp3) is 0.175. The third-order valence-electron chi connectivity index (χ3n) is 19.8. The Morgan fingerprint density at radius 3 is 1.16 bits per heavy atom. The molecule has 133 heavy (non-hydrogen) atoms. The number of aromatic nitrogens is 16. The number of nitriles is 3. The Morgan fingerprint density at radius 2 is 0.782 bits per heavy atom. The summed E-state index contributed by atoms with van der Waals surface area (Å²) in [6.45, 7) is 26.5. The van der Waals surface area contributed by atoms with Crippen LogP contribution in [0.2, 0.25) is 0 Å². The lowest BCUT2D eigenvalue weighted by Gasteiger charge is -2.25. The van der Waals surface area contributed by atoms with Crippen LogP contribution in [0, 0.1) is 70.0 Å². The second kappa shape index (κ2) is 39.8. The number of benzene rings is 9. The highest BCUT2D eigenvalue weighted by atomic mass is 79.9. The maximum Gasteiger partial charge on any atom is 0.223 e. The van der Waals surface area contributed by atoms with Crippen LogP contribution in [0.25, 0.3) is 123 Å². The molecule has 30 nitrogen and oxygen atoms in total. The average Bonchev–Trinajstić information content (AvgIpc) is 1.61. The van der Waals surface area contributed by atoms with E-state index in [0.29, 0.717) is 90.1 Å². The van der Waals surface area contributed by atoms with Crippen molar-refractivity contribution in [3.63, 3.8) is 0 Å². The van der Waals surface area contributed by atoms with Gasteiger partial charge in [-0.15, -0.1) is 0 Å². The number of nitrogens with one attached hydrogen (secondary N) is 1. The number of aldehydes is 1. The molecule has 0 aliphatic carbocycles. The largest absolute Gasteiger partial charge is 0.409 e. The smallest absolute Gasteiger partial charge is 0.223 e. The van der Waals surface area contributed by atoms with Gasteiger partial charge in [0.05, 0.1) is 73.3 Å². The van der Waals surface area contributed by atoms with E-state index in [-0.39, 0.29) is 74.5 Å². The minimum Gasteiger partial charge on any atom is -0.409 e. The van der Waals surface area contributed by atoms with Crippen LogP contribution in [-0.4, -0.2) is 102 Å². The minimum atomic E-state index is -0.508. The van der Waals surface area contributed by atoms with Crippen LogP contribution in [0.5, 0.6) is 0 Å². The zero-order valence-electron chi connectivity index (χ0n) is 74.2. The number of imidazole rings is 3. The number of nitrogen functional groups attached to an aromatic ring is 5. The zero-order valence-corrected chi connectivity index (χ0v) is 75.8. The molecule has 14 N–H and O–H groups in total. The molecule has 0 amide bonds. The Kier molecular flexibility index (Phi) is 28.5. The summed E-state index contributed by atoms with van der Waals surface area (Å²) in [6.07, 6.45) is 13.8. The number of nitrogens with two attached hydrogens (primary N) is 6. The van der Waals surface area contributed by atoms with Gasteiger partial charge in [-0.1, -0.05) is 34.6 Å². The second-order valence-electron chi connectivity index (χ2n) is 33.9. The van der Waals surface area contributed by atoms with Crippen molar-refractivity contribution in [1.82, 2.24) is 78.7 Å². The molecule has 36 heteroatoms. The molecule has 0 bridgehead atoms. The van der Waals surface area contributed by atoms with Crippen molar-refractivity contribution in [2.45, 2.75) is 112 Å². The number of hydrogen-bond acceptors (Lipinski definition) is 26. The van der Waals surface area contributed by atoms with Crippen molar-refractivity contribution in [2.24, 2.45) is 10.9 Å². The standard InChI is InChI=1S/C24H22FN7O.C22H22FN7O.C22H19FN6.C14H19N5.C8H4FNO.C7H3BrFN/c1-13-29-21(31-33-13)17-7-6-16(25)10-18(17)22-30-19-9-14(15-11-27-23(26)28-12-15)5-8-20(19)32(22)24(2,3)4;1-22(2,3)30-18-7-4-12(13-10-26-21(25)27-11-13)8-17(18)28-20(30)16-9-14(23)5-6-15(16)19(24)29-31;1-22(2,3)29-19-7-5-13(15-11-26-21(25)27-12-15)8-18(19)28-20(29)17-9-16(23)6-4-14(17)10-24;1-14(2,3)19-12-5-4-9(6-11(12)15)10-7-17-13(16)18-8-10;9-8-2-1-6(4-10)7(3-8)5-11;8-7-3-6(9)2-1-5(7)4-10/h5-12H,1-4H3,(H2,26,27,28);4-11,31H,1-3H3,(H2,24,29)(H2,25,26,27);4-9,11-12H,1-3H3,(H2,25,26,27);4-8,19H,15H2,1-3H3,(H2,16,17,18);1-3,5H;1-3H. The predicted octanol–water partition coefficient (Wildman–Crippen LogP) is 19.7. The number of amidine groups is 1. The molecule has 0 atom stereocenters. The molecule has 0 aliphatic rings. The molecule has 17 aromatic rings. The van der Waals surface area contributed by atoms with Crippen molar-refractivity contribution in [3.05, 3.63) is 281 Å². The number of anilines is 6. The number of rotatable bonds is 11. The van der Waals surface area contributed by atoms with Gasteiger partial charge in [0, 0.05) is 139 Å². The lowest BCUT2D eigenvalue weighted by molar-refractivity contribution is 0.112. The number of halogens is 6. The summed E-state index contributed by atoms with van der Waals surface area (Å²) in [4.78, 5) is 61.4. The van der Waals surface area contributed by atoms with Gasteiger partial charge in [0.1, 0.15) is 52.6 Å². The molecule has 672 valence electrons. The molecule has 8 aromatic heterocycles. The van der Waals surface area contributed by atoms with Crippen molar-refractivity contribution in [1.29, 1.82) is 15.8 Å². The maximum atomic E-state index is 14.4. The molecule has 0 spiro atoms. The molecule has 0 radical (unpaired) electrons. The third kappa shape index (κ3) is 22.8. The summed E-state index contributed by atoms with van der Waals surface area (Å²) in [5.41, 5.74) is 50.2. The predicted molar refractivity (Wildman–Crippen MR) is 507 cm³/mol. The Morgan fingerprint density at radius 1 is 0.429 bits per heavy atom. The van der Waals surface area contributed by atoms with Gasteiger partial charge in [-0.2, -0.15) is 20.8 Å². The average molecular weight is 1860 g/mol. The summed E-state index contributed by atoms with van der Waals surface area (Å²) in [7, 11) is 0. The molecule has 0 unspecified atom stereocenters. The molecule has 9 aromatic carbocycles. The first-order chi connectivity index (χ1) is 63.0. The maximum absolute atomic E-state index is 14.4. The van der Waals surface area contributed by atoms with Gasteiger partial charge in [0.15, 0.2) is 12.1 Å². The molecule has 0 saturated carbocycles. The van der Waals surface area contributed by atoms with Crippen LogP contribution in [0.3, 0.4) is 0 Å². The molecule has 0 aliphatic heterocycles. The molecule has 8 heterocycles. The van der Waals surface area contributed by atoms with Gasteiger partial charge in [0.2, 0.25) is 35.5 Å². The van der Waals surface area contributed by atoms with Crippen molar-refractivity contribution < 1.29 is 36.5 Å². The van der Waals surface area contributed by atoms with Crippen molar-refractivity contribution in [3.8, 4) is 108 Å². The van der Waals surface area contributed by atoms with Gasteiger partial charge in [-0.25, -0.2) is 76.8 Å². The second-order valence-corrected chi connectivity index (χ2v) is 34.8. The van der Waals surface area contributed by atoms with Crippen LogP contribution in [0.15, 0.2) is 228 Å². The SMILES string of the molecule is CC(C)(C)Nc1ccc(-c2cnc(N)nc2)cc1N.CC(C)(C)n1c(-c2cc(F)ccc2C#N)nc2cc(-c3cnc(N)nc3)ccc21.CC(C)(C)n1c(-c2cc(F)ccc2C(N)=NO)nc2cc(-c3cnc(N)nc3)ccc21.Cc1nc(-c2ccc(F)cc2-c2nc3cc(-c4cnc(N)nc4)ccc3n2C(C)(C)C)no1.N#Cc1ccc(F)cc1Br.N#Cc1ccc(F)cc1C=O. The van der Waals surface area contributed by atoms with Crippen LogP contribution >= 0.6 is 15.9 Å². The third-order valence-corrected chi connectivity index (χ3v) is 20.5. The lowest BCUT2D eigenvalue weighted by atomic mass is 10.0. The van der Waals surface area contributed by atoms with E-state index in [1.807, 2.05) is 130 Å². The van der Waals surface area contributed by atoms with Gasteiger partial charge < -0.3 is 63.2 Å². The number of aryl methyl sites for hydroxylation is 1. The van der Waals surface area contributed by atoms with E-state index >= 15 is 0 Å². The Hall–Kier alpha value is -16.8. The Bertz CT molecular complexity index is 7340. The lowest BCUT2D eigenvalue weighted by Crippen LogP contribution is -2.26. The number of fused-ring (bicyclic) bond motifs is 3. The first kappa shape index (κ1) is 95.3.